The average molecular weight is 468 g/mol. The average Bonchev–Trinajstić information content (AvgIpc) is 2.68. The van der Waals surface area contributed by atoms with Crippen molar-refractivity contribution >= 4 is 31.9 Å². The summed E-state index contributed by atoms with van der Waals surface area (Å²) in [5.74, 6) is 0.140. The van der Waals surface area contributed by atoms with Crippen LogP contribution in [0.2, 0.25) is 0 Å². The van der Waals surface area contributed by atoms with Crippen LogP contribution < -0.4 is 10.5 Å². The van der Waals surface area contributed by atoms with Gasteiger partial charge in [-0.2, -0.15) is 4.31 Å². The molecule has 2 aromatic carbocycles. The van der Waals surface area contributed by atoms with E-state index in [4.69, 9.17) is 10.5 Å². The molecule has 2 N–H and O–H groups in total. The highest BCUT2D eigenvalue weighted by Gasteiger charge is 2.29. The number of rotatable bonds is 6. The topological polar surface area (TPSA) is 92.9 Å². The van der Waals surface area contributed by atoms with Gasteiger partial charge in [0.15, 0.2) is 0 Å². The standard InChI is InChI=1S/C19H22BrN3O4S/c1-27-18-7-6-16(12-17(18)20)28(25,26)23-10-8-22(9-11-23)13-14-2-4-15(5-3-14)19(21)24/h2-7,12H,8-11,13H2,1H3,(H2,21,24). The van der Waals surface area contributed by atoms with Crippen LogP contribution in [-0.4, -0.2) is 56.8 Å². The molecule has 0 atom stereocenters. The third-order valence-corrected chi connectivity index (χ3v) is 7.25. The Morgan fingerprint density at radius 2 is 1.75 bits per heavy atom. The van der Waals surface area contributed by atoms with Gasteiger partial charge in [-0.05, 0) is 51.8 Å². The summed E-state index contributed by atoms with van der Waals surface area (Å²) in [5.41, 5.74) is 6.79. The molecule has 1 aliphatic heterocycles. The monoisotopic (exact) mass is 467 g/mol. The predicted octanol–water partition coefficient (Wildman–Crippen LogP) is 2.06. The normalized spacial score (nSPS) is 16.1. The zero-order chi connectivity index (χ0) is 20.3. The molecular weight excluding hydrogens is 446 g/mol. The van der Waals surface area contributed by atoms with Crippen LogP contribution in [-0.2, 0) is 16.6 Å². The molecule has 1 amide bonds. The van der Waals surface area contributed by atoms with Crippen molar-refractivity contribution in [3.05, 3.63) is 58.1 Å². The molecule has 9 heteroatoms. The van der Waals surface area contributed by atoms with E-state index in [2.05, 4.69) is 20.8 Å². The first-order valence-corrected chi connectivity index (χ1v) is 11.0. The first kappa shape index (κ1) is 20.8. The lowest BCUT2D eigenvalue weighted by Gasteiger charge is -2.34. The highest BCUT2D eigenvalue weighted by Crippen LogP contribution is 2.29. The zero-order valence-corrected chi connectivity index (χ0v) is 17.9. The number of amides is 1. The van der Waals surface area contributed by atoms with Gasteiger partial charge in [-0.1, -0.05) is 12.1 Å². The summed E-state index contributed by atoms with van der Waals surface area (Å²) < 4.78 is 33.1. The predicted molar refractivity (Wildman–Crippen MR) is 110 cm³/mol. The molecule has 7 nitrogen and oxygen atoms in total. The quantitative estimate of drug-likeness (QED) is 0.701. The molecule has 150 valence electrons. The Labute approximate surface area is 173 Å². The SMILES string of the molecule is COc1ccc(S(=O)(=O)N2CCN(Cc3ccc(C(N)=O)cc3)CC2)cc1Br. The molecule has 1 saturated heterocycles. The smallest absolute Gasteiger partial charge is 0.248 e. The van der Waals surface area contributed by atoms with Gasteiger partial charge in [0.05, 0.1) is 16.5 Å². The molecule has 0 bridgehead atoms. The highest BCUT2D eigenvalue weighted by atomic mass is 79.9. The number of ether oxygens (including phenoxy) is 1. The third-order valence-electron chi connectivity index (χ3n) is 4.74. The molecular formula is C19H22BrN3O4S. The van der Waals surface area contributed by atoms with Crippen LogP contribution in [0.4, 0.5) is 0 Å². The van der Waals surface area contributed by atoms with E-state index in [9.17, 15) is 13.2 Å². The number of carbonyl (C=O) groups is 1. The minimum atomic E-state index is -3.55. The van der Waals surface area contributed by atoms with Crippen LogP contribution in [0.3, 0.4) is 0 Å². The van der Waals surface area contributed by atoms with E-state index in [-0.39, 0.29) is 4.90 Å². The number of piperazine rings is 1. The summed E-state index contributed by atoms with van der Waals surface area (Å²) in [6.07, 6.45) is 0. The second kappa shape index (κ2) is 8.60. The van der Waals surface area contributed by atoms with Crippen molar-refractivity contribution < 1.29 is 17.9 Å². The number of halogens is 1. The van der Waals surface area contributed by atoms with Crippen molar-refractivity contribution in [3.63, 3.8) is 0 Å². The first-order chi connectivity index (χ1) is 13.3. The van der Waals surface area contributed by atoms with E-state index in [1.807, 2.05) is 12.1 Å². The van der Waals surface area contributed by atoms with Crippen molar-refractivity contribution in [1.82, 2.24) is 9.21 Å². The number of primary amides is 1. The fourth-order valence-corrected chi connectivity index (χ4v) is 5.26. The van der Waals surface area contributed by atoms with E-state index < -0.39 is 15.9 Å². The Kier molecular flexibility index (Phi) is 6.39. The first-order valence-electron chi connectivity index (χ1n) is 8.76. The van der Waals surface area contributed by atoms with Gasteiger partial charge >= 0.3 is 0 Å². The molecule has 2 aromatic rings. The van der Waals surface area contributed by atoms with E-state index in [0.717, 1.165) is 5.56 Å². The minimum Gasteiger partial charge on any atom is -0.496 e. The molecule has 1 aliphatic rings. The number of nitrogens with two attached hydrogens (primary N) is 1. The van der Waals surface area contributed by atoms with Crippen LogP contribution in [0, 0.1) is 0 Å². The van der Waals surface area contributed by atoms with Gasteiger partial charge in [0.25, 0.3) is 0 Å². The number of nitrogens with zero attached hydrogens (tertiary/aromatic N) is 2. The maximum atomic E-state index is 12.9. The Bertz CT molecular complexity index is 956. The van der Waals surface area contributed by atoms with Crippen LogP contribution in [0.25, 0.3) is 0 Å². The maximum absolute atomic E-state index is 12.9. The van der Waals surface area contributed by atoms with Crippen LogP contribution in [0.1, 0.15) is 15.9 Å². The van der Waals surface area contributed by atoms with Gasteiger partial charge in [-0.15, -0.1) is 0 Å². The summed E-state index contributed by atoms with van der Waals surface area (Å²) in [4.78, 5) is 13.6. The summed E-state index contributed by atoms with van der Waals surface area (Å²) in [6, 6.07) is 11.9. The summed E-state index contributed by atoms with van der Waals surface area (Å²) >= 11 is 3.34. The van der Waals surface area contributed by atoms with Gasteiger partial charge in [0, 0.05) is 38.3 Å². The lowest BCUT2D eigenvalue weighted by atomic mass is 10.1. The number of sulfonamides is 1. The fourth-order valence-electron chi connectivity index (χ4n) is 3.12. The van der Waals surface area contributed by atoms with E-state index in [1.54, 1.807) is 30.3 Å². The van der Waals surface area contributed by atoms with Crippen LogP contribution in [0.15, 0.2) is 51.8 Å². The van der Waals surface area contributed by atoms with Crippen molar-refractivity contribution in [1.29, 1.82) is 0 Å². The number of hydrogen-bond acceptors (Lipinski definition) is 5. The Morgan fingerprint density at radius 3 is 2.29 bits per heavy atom. The molecule has 0 radical (unpaired) electrons. The Hall–Kier alpha value is -1.94. The van der Waals surface area contributed by atoms with Crippen molar-refractivity contribution in [2.24, 2.45) is 5.73 Å². The summed E-state index contributed by atoms with van der Waals surface area (Å²) in [6.45, 7) is 2.81. The minimum absolute atomic E-state index is 0.246. The number of benzene rings is 2. The molecule has 0 spiro atoms. The molecule has 0 aliphatic carbocycles. The van der Waals surface area contributed by atoms with Crippen LogP contribution >= 0.6 is 15.9 Å². The Morgan fingerprint density at radius 1 is 1.11 bits per heavy atom. The summed E-state index contributed by atoms with van der Waals surface area (Å²) in [7, 11) is -2.01. The van der Waals surface area contributed by atoms with Gasteiger partial charge in [-0.3, -0.25) is 9.69 Å². The molecule has 28 heavy (non-hydrogen) atoms. The van der Waals surface area contributed by atoms with E-state index in [1.165, 1.54) is 11.4 Å². The van der Waals surface area contributed by atoms with Gasteiger partial charge < -0.3 is 10.5 Å². The summed E-state index contributed by atoms with van der Waals surface area (Å²) in [5, 5.41) is 0. The van der Waals surface area contributed by atoms with Crippen molar-refractivity contribution in [2.45, 2.75) is 11.4 Å². The molecule has 0 unspecified atom stereocenters. The largest absolute Gasteiger partial charge is 0.496 e. The third kappa shape index (κ3) is 4.54. The molecule has 1 fully saturated rings. The van der Waals surface area contributed by atoms with Crippen molar-refractivity contribution in [2.75, 3.05) is 33.3 Å². The fraction of sp³-hybridized carbons (Fsp3) is 0.316. The molecule has 1 heterocycles. The molecule has 3 rings (SSSR count). The molecule has 0 aromatic heterocycles. The van der Waals surface area contributed by atoms with Crippen molar-refractivity contribution in [3.8, 4) is 5.75 Å². The van der Waals surface area contributed by atoms with Gasteiger partial charge in [0.1, 0.15) is 5.75 Å². The maximum Gasteiger partial charge on any atom is 0.248 e. The lowest BCUT2D eigenvalue weighted by Crippen LogP contribution is -2.48. The number of hydrogen-bond donors (Lipinski definition) is 1. The van der Waals surface area contributed by atoms with E-state index in [0.29, 0.717) is 48.5 Å². The second-order valence-electron chi connectivity index (χ2n) is 6.54. The Balaban J connectivity index is 1.62. The van der Waals surface area contributed by atoms with Crippen LogP contribution in [0.5, 0.6) is 5.75 Å². The number of carbonyl (C=O) groups excluding carboxylic acids is 1. The molecule has 0 saturated carbocycles. The van der Waals surface area contributed by atoms with Gasteiger partial charge in [0.2, 0.25) is 15.9 Å². The highest BCUT2D eigenvalue weighted by molar-refractivity contribution is 9.10. The van der Waals surface area contributed by atoms with Gasteiger partial charge in [-0.25, -0.2) is 8.42 Å². The second-order valence-corrected chi connectivity index (χ2v) is 9.33. The zero-order valence-electron chi connectivity index (χ0n) is 15.5. The number of methoxy groups -OCH3 is 1. The van der Waals surface area contributed by atoms with E-state index >= 15 is 0 Å². The lowest BCUT2D eigenvalue weighted by molar-refractivity contribution is 0.1000.